The molecule has 0 aliphatic carbocycles. The molecule has 0 atom stereocenters. The van der Waals surface area contributed by atoms with Gasteiger partial charge >= 0.3 is 0 Å². The van der Waals surface area contributed by atoms with Gasteiger partial charge < -0.3 is 5.32 Å². The van der Waals surface area contributed by atoms with E-state index < -0.39 is 10.0 Å². The van der Waals surface area contributed by atoms with Gasteiger partial charge in [-0.2, -0.15) is 0 Å². The molecule has 0 aliphatic heterocycles. The third-order valence-electron chi connectivity index (χ3n) is 4.85. The molecule has 0 saturated carbocycles. The zero-order valence-electron chi connectivity index (χ0n) is 16.7. The molecular formula is C23H24N2O3S. The fourth-order valence-electron chi connectivity index (χ4n) is 2.99. The van der Waals surface area contributed by atoms with Crippen LogP contribution < -0.4 is 10.0 Å². The molecule has 0 heterocycles. The first-order valence-corrected chi connectivity index (χ1v) is 10.8. The van der Waals surface area contributed by atoms with Gasteiger partial charge in [0.05, 0.1) is 10.6 Å². The van der Waals surface area contributed by atoms with Crippen molar-refractivity contribution in [3.8, 4) is 0 Å². The topological polar surface area (TPSA) is 75.3 Å². The Morgan fingerprint density at radius 3 is 2.24 bits per heavy atom. The van der Waals surface area contributed by atoms with Crippen molar-refractivity contribution in [2.45, 2.75) is 32.2 Å². The van der Waals surface area contributed by atoms with E-state index in [0.29, 0.717) is 23.4 Å². The third-order valence-corrected chi connectivity index (χ3v) is 6.24. The van der Waals surface area contributed by atoms with E-state index in [0.717, 1.165) is 16.7 Å². The second-order valence-electron chi connectivity index (χ2n) is 7.01. The molecule has 150 valence electrons. The predicted molar refractivity (Wildman–Crippen MR) is 116 cm³/mol. The van der Waals surface area contributed by atoms with Crippen LogP contribution in [-0.4, -0.2) is 14.3 Å². The Labute approximate surface area is 171 Å². The molecule has 6 heteroatoms. The van der Waals surface area contributed by atoms with Crippen LogP contribution in [0.15, 0.2) is 71.6 Å². The number of nitrogens with one attached hydrogen (secondary N) is 2. The SMILES string of the molecule is Cc1ccc(S(=O)(=O)Nc2cccc(C(=O)NCc3ccccc3C)c2C)cc1. The Kier molecular flexibility index (Phi) is 6.03. The van der Waals surface area contributed by atoms with E-state index >= 15 is 0 Å². The van der Waals surface area contributed by atoms with Crippen molar-refractivity contribution in [2.75, 3.05) is 4.72 Å². The lowest BCUT2D eigenvalue weighted by Crippen LogP contribution is -2.24. The molecule has 1 amide bonds. The van der Waals surface area contributed by atoms with E-state index in [1.165, 1.54) is 0 Å². The number of aryl methyl sites for hydroxylation is 2. The lowest BCUT2D eigenvalue weighted by molar-refractivity contribution is 0.0950. The van der Waals surface area contributed by atoms with E-state index in [1.54, 1.807) is 49.4 Å². The molecule has 0 bridgehead atoms. The predicted octanol–water partition coefficient (Wildman–Crippen LogP) is 4.34. The van der Waals surface area contributed by atoms with Crippen LogP contribution in [0.4, 0.5) is 5.69 Å². The fraction of sp³-hybridized carbons (Fsp3) is 0.174. The van der Waals surface area contributed by atoms with Crippen LogP contribution in [0.25, 0.3) is 0 Å². The number of benzene rings is 3. The summed E-state index contributed by atoms with van der Waals surface area (Å²) in [5.74, 6) is -0.248. The number of carbonyl (C=O) groups is 1. The molecule has 0 radical (unpaired) electrons. The largest absolute Gasteiger partial charge is 0.348 e. The molecule has 0 saturated heterocycles. The number of hydrogen-bond donors (Lipinski definition) is 2. The van der Waals surface area contributed by atoms with Crippen LogP contribution in [0.2, 0.25) is 0 Å². The molecule has 3 aromatic rings. The first-order chi connectivity index (χ1) is 13.8. The summed E-state index contributed by atoms with van der Waals surface area (Å²) < 4.78 is 28.0. The molecule has 0 aliphatic rings. The number of carbonyl (C=O) groups excluding carboxylic acids is 1. The van der Waals surface area contributed by atoms with Crippen molar-refractivity contribution < 1.29 is 13.2 Å². The van der Waals surface area contributed by atoms with Gasteiger partial charge in [-0.1, -0.05) is 48.0 Å². The van der Waals surface area contributed by atoms with Gasteiger partial charge in [-0.15, -0.1) is 0 Å². The number of anilines is 1. The molecular weight excluding hydrogens is 384 g/mol. The second-order valence-corrected chi connectivity index (χ2v) is 8.69. The van der Waals surface area contributed by atoms with Crippen molar-refractivity contribution >= 4 is 21.6 Å². The Hall–Kier alpha value is -3.12. The molecule has 0 aromatic heterocycles. The van der Waals surface area contributed by atoms with Crippen LogP contribution >= 0.6 is 0 Å². The van der Waals surface area contributed by atoms with Crippen LogP contribution in [0, 0.1) is 20.8 Å². The molecule has 2 N–H and O–H groups in total. The van der Waals surface area contributed by atoms with Gasteiger partial charge in [0, 0.05) is 12.1 Å². The lowest BCUT2D eigenvalue weighted by Gasteiger charge is -2.14. The highest BCUT2D eigenvalue weighted by Gasteiger charge is 2.18. The fourth-order valence-corrected chi connectivity index (χ4v) is 4.12. The zero-order chi connectivity index (χ0) is 21.0. The molecule has 0 fully saturated rings. The highest BCUT2D eigenvalue weighted by molar-refractivity contribution is 7.92. The summed E-state index contributed by atoms with van der Waals surface area (Å²) in [7, 11) is -3.74. The third kappa shape index (κ3) is 4.84. The molecule has 0 unspecified atom stereocenters. The van der Waals surface area contributed by atoms with Crippen molar-refractivity contribution in [3.63, 3.8) is 0 Å². The van der Waals surface area contributed by atoms with Crippen molar-refractivity contribution in [1.82, 2.24) is 5.32 Å². The second kappa shape index (κ2) is 8.49. The minimum Gasteiger partial charge on any atom is -0.348 e. The Morgan fingerprint density at radius 1 is 0.862 bits per heavy atom. The van der Waals surface area contributed by atoms with Crippen LogP contribution in [0.1, 0.15) is 32.6 Å². The minimum absolute atomic E-state index is 0.178. The molecule has 0 spiro atoms. The summed E-state index contributed by atoms with van der Waals surface area (Å²) in [4.78, 5) is 12.9. The maximum atomic E-state index is 12.7. The van der Waals surface area contributed by atoms with Gasteiger partial charge in [0.25, 0.3) is 15.9 Å². The van der Waals surface area contributed by atoms with Crippen molar-refractivity contribution in [1.29, 1.82) is 0 Å². The first-order valence-electron chi connectivity index (χ1n) is 9.30. The summed E-state index contributed by atoms with van der Waals surface area (Å²) >= 11 is 0. The summed E-state index contributed by atoms with van der Waals surface area (Å²) in [5.41, 5.74) is 4.51. The minimum atomic E-state index is -3.74. The Balaban J connectivity index is 1.79. The summed E-state index contributed by atoms with van der Waals surface area (Å²) in [6.07, 6.45) is 0. The highest BCUT2D eigenvalue weighted by Crippen LogP contribution is 2.23. The maximum Gasteiger partial charge on any atom is 0.261 e. The quantitative estimate of drug-likeness (QED) is 0.637. The average Bonchev–Trinajstić information content (AvgIpc) is 2.69. The van der Waals surface area contributed by atoms with Gasteiger partial charge in [-0.3, -0.25) is 9.52 Å². The summed E-state index contributed by atoms with van der Waals surface area (Å²) in [5, 5.41) is 2.91. The average molecular weight is 409 g/mol. The Bertz CT molecular complexity index is 1140. The van der Waals surface area contributed by atoms with E-state index in [9.17, 15) is 13.2 Å². The van der Waals surface area contributed by atoms with Gasteiger partial charge in [-0.25, -0.2) is 8.42 Å². The summed E-state index contributed by atoms with van der Waals surface area (Å²) in [6, 6.07) is 19.5. The van der Waals surface area contributed by atoms with Crippen LogP contribution in [0.5, 0.6) is 0 Å². The number of sulfonamides is 1. The van der Waals surface area contributed by atoms with Crippen molar-refractivity contribution in [3.05, 3.63) is 94.5 Å². The smallest absolute Gasteiger partial charge is 0.261 e. The Morgan fingerprint density at radius 2 is 1.55 bits per heavy atom. The normalized spacial score (nSPS) is 11.1. The first kappa shape index (κ1) is 20.6. The van der Waals surface area contributed by atoms with E-state index in [-0.39, 0.29) is 10.8 Å². The molecule has 3 aromatic carbocycles. The standard InChI is InChI=1S/C23H24N2O3S/c1-16-11-13-20(14-12-16)29(27,28)25-22-10-6-9-21(18(22)3)23(26)24-15-19-8-5-4-7-17(19)2/h4-14,25H,15H2,1-3H3,(H,24,26). The van der Waals surface area contributed by atoms with E-state index in [4.69, 9.17) is 0 Å². The lowest BCUT2D eigenvalue weighted by atomic mass is 10.1. The molecule has 5 nitrogen and oxygen atoms in total. The van der Waals surface area contributed by atoms with Gasteiger partial charge in [0.1, 0.15) is 0 Å². The molecule has 3 rings (SSSR count). The highest BCUT2D eigenvalue weighted by atomic mass is 32.2. The number of rotatable bonds is 6. The molecule has 29 heavy (non-hydrogen) atoms. The monoisotopic (exact) mass is 408 g/mol. The van der Waals surface area contributed by atoms with Crippen LogP contribution in [0.3, 0.4) is 0 Å². The zero-order valence-corrected chi connectivity index (χ0v) is 17.5. The van der Waals surface area contributed by atoms with E-state index in [2.05, 4.69) is 10.0 Å². The van der Waals surface area contributed by atoms with Gasteiger partial charge in [0.2, 0.25) is 0 Å². The summed E-state index contributed by atoms with van der Waals surface area (Å²) in [6.45, 7) is 6.03. The van der Waals surface area contributed by atoms with Gasteiger partial charge in [0.15, 0.2) is 0 Å². The van der Waals surface area contributed by atoms with Crippen molar-refractivity contribution in [2.24, 2.45) is 0 Å². The van der Waals surface area contributed by atoms with Crippen LogP contribution in [-0.2, 0) is 16.6 Å². The number of hydrogen-bond acceptors (Lipinski definition) is 3. The van der Waals surface area contributed by atoms with E-state index in [1.807, 2.05) is 38.1 Å². The number of amides is 1. The maximum absolute atomic E-state index is 12.7. The van der Waals surface area contributed by atoms with Gasteiger partial charge in [-0.05, 0) is 61.7 Å².